The third kappa shape index (κ3) is 2.81. The zero-order chi connectivity index (χ0) is 13.8. The molecule has 0 spiro atoms. The third-order valence-electron chi connectivity index (χ3n) is 3.40. The minimum atomic E-state index is -1.28. The van der Waals surface area contributed by atoms with E-state index < -0.39 is 12.1 Å². The molecule has 5 heteroatoms. The maximum atomic E-state index is 11.5. The van der Waals surface area contributed by atoms with Gasteiger partial charge in [0, 0.05) is 24.3 Å². The van der Waals surface area contributed by atoms with Crippen molar-refractivity contribution in [2.24, 2.45) is 0 Å². The van der Waals surface area contributed by atoms with Crippen LogP contribution in [0.5, 0.6) is 5.75 Å². The molecule has 1 N–H and O–H groups in total. The number of anilines is 1. The van der Waals surface area contributed by atoms with Crippen LogP contribution in [0.2, 0.25) is 0 Å². The van der Waals surface area contributed by atoms with Gasteiger partial charge in [0.05, 0.1) is 14.2 Å². The largest absolute Gasteiger partial charge is 0.497 e. The Morgan fingerprint density at radius 1 is 1.32 bits per heavy atom. The van der Waals surface area contributed by atoms with Crippen LogP contribution in [0.15, 0.2) is 18.2 Å². The van der Waals surface area contributed by atoms with Crippen LogP contribution in [0.4, 0.5) is 5.69 Å². The second-order valence-electron chi connectivity index (χ2n) is 4.54. The first kappa shape index (κ1) is 13.7. The van der Waals surface area contributed by atoms with Gasteiger partial charge in [-0.3, -0.25) is 0 Å². The van der Waals surface area contributed by atoms with Crippen LogP contribution in [0.1, 0.15) is 24.5 Å². The number of hydrogen-bond donors (Lipinski definition) is 1. The lowest BCUT2D eigenvalue weighted by Crippen LogP contribution is -2.22. The Balaban J connectivity index is 2.38. The standard InChI is InChI=1S/C14H19NO4/c1-18-10-5-6-12(15-7-3-4-8-15)11(9-10)13(16)14(17)19-2/h5-6,9,13,16H,3-4,7-8H2,1-2H3. The molecule has 0 radical (unpaired) electrons. The molecule has 1 fully saturated rings. The Morgan fingerprint density at radius 3 is 2.58 bits per heavy atom. The van der Waals surface area contributed by atoms with Gasteiger partial charge in [-0.25, -0.2) is 4.79 Å². The van der Waals surface area contributed by atoms with E-state index >= 15 is 0 Å². The lowest BCUT2D eigenvalue weighted by molar-refractivity contribution is -0.150. The highest BCUT2D eigenvalue weighted by Crippen LogP contribution is 2.32. The van der Waals surface area contributed by atoms with Crippen molar-refractivity contribution in [3.63, 3.8) is 0 Å². The van der Waals surface area contributed by atoms with Gasteiger partial charge in [-0.1, -0.05) is 0 Å². The molecule has 0 bridgehead atoms. The van der Waals surface area contributed by atoms with Crippen molar-refractivity contribution in [1.82, 2.24) is 0 Å². The van der Waals surface area contributed by atoms with Crippen molar-refractivity contribution >= 4 is 11.7 Å². The summed E-state index contributed by atoms with van der Waals surface area (Å²) in [7, 11) is 2.82. The third-order valence-corrected chi connectivity index (χ3v) is 3.40. The number of hydrogen-bond acceptors (Lipinski definition) is 5. The van der Waals surface area contributed by atoms with Crippen molar-refractivity contribution in [1.29, 1.82) is 0 Å². The van der Waals surface area contributed by atoms with Gasteiger partial charge < -0.3 is 19.5 Å². The maximum Gasteiger partial charge on any atom is 0.339 e. The second kappa shape index (κ2) is 5.93. The molecule has 1 aromatic rings. The summed E-state index contributed by atoms with van der Waals surface area (Å²) in [6, 6.07) is 5.40. The lowest BCUT2D eigenvalue weighted by Gasteiger charge is -2.23. The Morgan fingerprint density at radius 2 is 2.00 bits per heavy atom. The minimum Gasteiger partial charge on any atom is -0.497 e. The summed E-state index contributed by atoms with van der Waals surface area (Å²) in [6.07, 6.45) is 0.968. The number of carbonyl (C=O) groups excluding carboxylic acids is 1. The SMILES string of the molecule is COC(=O)C(O)c1cc(OC)ccc1N1CCCC1. The van der Waals surface area contributed by atoms with Crippen molar-refractivity contribution in [2.75, 3.05) is 32.2 Å². The number of methoxy groups -OCH3 is 2. The number of benzene rings is 1. The highest BCUT2D eigenvalue weighted by atomic mass is 16.5. The van der Waals surface area contributed by atoms with E-state index in [4.69, 9.17) is 4.74 Å². The van der Waals surface area contributed by atoms with E-state index in [1.54, 1.807) is 13.2 Å². The summed E-state index contributed by atoms with van der Waals surface area (Å²) in [4.78, 5) is 13.7. The number of ether oxygens (including phenoxy) is 2. The van der Waals surface area contributed by atoms with Crippen LogP contribution in [-0.2, 0) is 9.53 Å². The quantitative estimate of drug-likeness (QED) is 0.836. The molecule has 5 nitrogen and oxygen atoms in total. The molecule has 0 amide bonds. The summed E-state index contributed by atoms with van der Waals surface area (Å²) in [5.74, 6) is -0.0467. The molecular weight excluding hydrogens is 246 g/mol. The van der Waals surface area contributed by atoms with Crippen LogP contribution in [0.3, 0.4) is 0 Å². The smallest absolute Gasteiger partial charge is 0.339 e. The Kier molecular flexibility index (Phi) is 4.27. The molecule has 1 atom stereocenters. The molecular formula is C14H19NO4. The van der Waals surface area contributed by atoms with Crippen LogP contribution in [0.25, 0.3) is 0 Å². The molecule has 1 aliphatic heterocycles. The summed E-state index contributed by atoms with van der Waals surface area (Å²) in [5.41, 5.74) is 1.41. The van der Waals surface area contributed by atoms with Gasteiger partial charge in [0.25, 0.3) is 0 Å². The molecule has 0 saturated carbocycles. The summed E-state index contributed by atoms with van der Waals surface area (Å²) in [5, 5.41) is 10.1. The number of carbonyl (C=O) groups is 1. The van der Waals surface area contributed by atoms with Gasteiger partial charge in [0.15, 0.2) is 6.10 Å². The topological polar surface area (TPSA) is 59.0 Å². The molecule has 0 aliphatic carbocycles. The van der Waals surface area contributed by atoms with Crippen molar-refractivity contribution in [3.05, 3.63) is 23.8 Å². The maximum absolute atomic E-state index is 11.5. The fraction of sp³-hybridized carbons (Fsp3) is 0.500. The average Bonchev–Trinajstić information content (AvgIpc) is 2.99. The number of esters is 1. The van der Waals surface area contributed by atoms with Crippen molar-refractivity contribution < 1.29 is 19.4 Å². The zero-order valence-electron chi connectivity index (χ0n) is 11.3. The molecule has 1 unspecified atom stereocenters. The van der Waals surface area contributed by atoms with Gasteiger partial charge in [-0.15, -0.1) is 0 Å². The van der Waals surface area contributed by atoms with E-state index in [9.17, 15) is 9.90 Å². The van der Waals surface area contributed by atoms with Crippen LogP contribution in [-0.4, -0.2) is 38.4 Å². The first-order chi connectivity index (χ1) is 9.17. The average molecular weight is 265 g/mol. The summed E-state index contributed by atoms with van der Waals surface area (Å²) >= 11 is 0. The van der Waals surface area contributed by atoms with Gasteiger partial charge in [-0.2, -0.15) is 0 Å². The first-order valence-corrected chi connectivity index (χ1v) is 6.36. The lowest BCUT2D eigenvalue weighted by atomic mass is 10.1. The number of aliphatic hydroxyl groups excluding tert-OH is 1. The molecule has 0 aromatic heterocycles. The molecule has 19 heavy (non-hydrogen) atoms. The molecule has 104 valence electrons. The van der Waals surface area contributed by atoms with Gasteiger partial charge in [-0.05, 0) is 31.0 Å². The Labute approximate surface area is 112 Å². The van der Waals surface area contributed by atoms with E-state index in [1.807, 2.05) is 12.1 Å². The first-order valence-electron chi connectivity index (χ1n) is 6.36. The Hall–Kier alpha value is -1.75. The Bertz CT molecular complexity index is 455. The van der Waals surface area contributed by atoms with Gasteiger partial charge in [0.1, 0.15) is 5.75 Å². The molecule has 1 saturated heterocycles. The molecule has 1 heterocycles. The fourth-order valence-electron chi connectivity index (χ4n) is 2.36. The van der Waals surface area contributed by atoms with Crippen molar-refractivity contribution in [2.45, 2.75) is 18.9 Å². The molecule has 2 rings (SSSR count). The highest BCUT2D eigenvalue weighted by Gasteiger charge is 2.25. The van der Waals surface area contributed by atoms with Gasteiger partial charge >= 0.3 is 5.97 Å². The highest BCUT2D eigenvalue weighted by molar-refractivity contribution is 5.79. The van der Waals surface area contributed by atoms with Crippen LogP contribution < -0.4 is 9.64 Å². The monoisotopic (exact) mass is 265 g/mol. The normalized spacial score (nSPS) is 16.3. The number of rotatable bonds is 4. The van der Waals surface area contributed by atoms with E-state index in [0.717, 1.165) is 31.6 Å². The summed E-state index contributed by atoms with van der Waals surface area (Å²) < 4.78 is 9.76. The predicted molar refractivity (Wildman–Crippen MR) is 71.4 cm³/mol. The van der Waals surface area contributed by atoms with E-state index in [0.29, 0.717) is 11.3 Å². The minimum absolute atomic E-state index is 0.535. The number of nitrogens with zero attached hydrogens (tertiary/aromatic N) is 1. The zero-order valence-corrected chi connectivity index (χ0v) is 11.3. The van der Waals surface area contributed by atoms with Crippen LogP contribution in [0, 0.1) is 0 Å². The summed E-state index contributed by atoms with van der Waals surface area (Å²) in [6.45, 7) is 1.88. The van der Waals surface area contributed by atoms with Crippen molar-refractivity contribution in [3.8, 4) is 5.75 Å². The van der Waals surface area contributed by atoms with E-state index in [2.05, 4.69) is 9.64 Å². The number of aliphatic hydroxyl groups is 1. The molecule has 1 aliphatic rings. The predicted octanol–water partition coefficient (Wildman–Crippen LogP) is 1.50. The van der Waals surface area contributed by atoms with Gasteiger partial charge in [0.2, 0.25) is 0 Å². The van der Waals surface area contributed by atoms with Crippen LogP contribution >= 0.6 is 0 Å². The molecule has 1 aromatic carbocycles. The fourth-order valence-corrected chi connectivity index (χ4v) is 2.36. The van der Waals surface area contributed by atoms with E-state index in [-0.39, 0.29) is 0 Å². The second-order valence-corrected chi connectivity index (χ2v) is 4.54. The van der Waals surface area contributed by atoms with E-state index in [1.165, 1.54) is 7.11 Å².